The average Bonchev–Trinajstić information content (AvgIpc) is 3.45. The van der Waals surface area contributed by atoms with Crippen molar-refractivity contribution in [2.75, 3.05) is 58.3 Å². The number of nitrogens with zero attached hydrogens (tertiary/aromatic N) is 4. The maximum Gasteiger partial charge on any atom is 0.256 e. The highest BCUT2D eigenvalue weighted by Gasteiger charge is 2.34. The van der Waals surface area contributed by atoms with E-state index in [1.165, 1.54) is 37.7 Å². The molecule has 3 aliphatic rings. The normalized spacial score (nSPS) is 23.5. The van der Waals surface area contributed by atoms with Crippen molar-refractivity contribution in [3.8, 4) is 0 Å². The number of carbonyl (C=O) groups is 1. The van der Waals surface area contributed by atoms with Crippen LogP contribution >= 0.6 is 0 Å². The molecule has 0 radical (unpaired) electrons. The summed E-state index contributed by atoms with van der Waals surface area (Å²) in [7, 11) is -0.543. The highest BCUT2D eigenvalue weighted by Crippen LogP contribution is 2.30. The molecule has 1 aromatic rings. The first-order valence-corrected chi connectivity index (χ1v) is 12.7. The lowest BCUT2D eigenvalue weighted by Gasteiger charge is -2.31. The van der Waals surface area contributed by atoms with Gasteiger partial charge in [0.25, 0.3) is 5.91 Å². The summed E-state index contributed by atoms with van der Waals surface area (Å²) in [5.41, 5.74) is 1.41. The van der Waals surface area contributed by atoms with Crippen LogP contribution < -0.4 is 4.90 Å². The van der Waals surface area contributed by atoms with Gasteiger partial charge in [-0.1, -0.05) is 0 Å². The number of sulfonamides is 1. The van der Waals surface area contributed by atoms with Gasteiger partial charge in [-0.2, -0.15) is 0 Å². The van der Waals surface area contributed by atoms with Gasteiger partial charge in [0.2, 0.25) is 10.0 Å². The second-order valence-electron chi connectivity index (χ2n) is 8.95. The molecule has 1 unspecified atom stereocenters. The molecule has 8 heteroatoms. The van der Waals surface area contributed by atoms with Gasteiger partial charge >= 0.3 is 0 Å². The fourth-order valence-electron chi connectivity index (χ4n) is 4.97. The van der Waals surface area contributed by atoms with Crippen molar-refractivity contribution in [2.24, 2.45) is 0 Å². The lowest BCUT2D eigenvalue weighted by molar-refractivity contribution is 0.0780. The third kappa shape index (κ3) is 4.22. The Bertz CT molecular complexity index is 874. The molecule has 3 heterocycles. The summed E-state index contributed by atoms with van der Waals surface area (Å²) >= 11 is 0. The average molecular weight is 435 g/mol. The minimum Gasteiger partial charge on any atom is -0.371 e. The van der Waals surface area contributed by atoms with Crippen molar-refractivity contribution in [2.45, 2.75) is 49.5 Å². The van der Waals surface area contributed by atoms with E-state index in [-0.39, 0.29) is 10.8 Å². The molecule has 166 valence electrons. The van der Waals surface area contributed by atoms with E-state index in [4.69, 9.17) is 0 Å². The first-order chi connectivity index (χ1) is 14.4. The quantitative estimate of drug-likeness (QED) is 0.711. The number of hydrogen-bond acceptors (Lipinski definition) is 5. The zero-order valence-electron chi connectivity index (χ0n) is 18.2. The maximum atomic E-state index is 13.6. The molecule has 0 spiro atoms. The second-order valence-corrected chi connectivity index (χ2v) is 11.1. The summed E-state index contributed by atoms with van der Waals surface area (Å²) in [6.45, 7) is 5.56. The van der Waals surface area contributed by atoms with Crippen LogP contribution in [0.5, 0.6) is 0 Å². The van der Waals surface area contributed by atoms with E-state index in [1.807, 2.05) is 11.0 Å². The lowest BCUT2D eigenvalue weighted by Crippen LogP contribution is -2.38. The third-order valence-corrected chi connectivity index (χ3v) is 8.59. The van der Waals surface area contributed by atoms with Gasteiger partial charge in [-0.05, 0) is 69.8 Å². The first kappa shape index (κ1) is 21.6. The van der Waals surface area contributed by atoms with Crippen LogP contribution in [0.25, 0.3) is 0 Å². The second kappa shape index (κ2) is 8.85. The zero-order chi connectivity index (χ0) is 21.3. The Hall–Kier alpha value is -1.64. The van der Waals surface area contributed by atoms with E-state index < -0.39 is 10.0 Å². The number of hydrogen-bond donors (Lipinski definition) is 0. The Morgan fingerprint density at radius 2 is 1.63 bits per heavy atom. The van der Waals surface area contributed by atoms with E-state index in [2.05, 4.69) is 9.80 Å². The summed E-state index contributed by atoms with van der Waals surface area (Å²) in [6, 6.07) is 5.52. The highest BCUT2D eigenvalue weighted by atomic mass is 32.2. The topological polar surface area (TPSA) is 64.2 Å². The zero-order valence-corrected chi connectivity index (χ0v) is 19.0. The molecule has 0 bridgehead atoms. The van der Waals surface area contributed by atoms with Gasteiger partial charge in [-0.15, -0.1) is 0 Å². The van der Waals surface area contributed by atoms with Gasteiger partial charge in [0.05, 0.1) is 10.5 Å². The molecule has 3 saturated heterocycles. The van der Waals surface area contributed by atoms with E-state index in [1.54, 1.807) is 12.1 Å². The minimum absolute atomic E-state index is 0.0342. The van der Waals surface area contributed by atoms with Crippen LogP contribution in [-0.4, -0.2) is 87.8 Å². The summed E-state index contributed by atoms with van der Waals surface area (Å²) in [5, 5.41) is 0. The van der Waals surface area contributed by atoms with Crippen LogP contribution in [0.1, 0.15) is 48.9 Å². The van der Waals surface area contributed by atoms with Crippen LogP contribution in [0.3, 0.4) is 0 Å². The Morgan fingerprint density at radius 3 is 2.30 bits per heavy atom. The van der Waals surface area contributed by atoms with Gasteiger partial charge in [0, 0.05) is 52.0 Å². The van der Waals surface area contributed by atoms with Gasteiger partial charge in [-0.3, -0.25) is 9.69 Å². The molecule has 1 aromatic carbocycles. The van der Waals surface area contributed by atoms with Crippen LogP contribution in [0.15, 0.2) is 23.1 Å². The van der Waals surface area contributed by atoms with Crippen molar-refractivity contribution in [3.05, 3.63) is 23.8 Å². The monoisotopic (exact) mass is 434 g/mol. The van der Waals surface area contributed by atoms with E-state index in [0.717, 1.165) is 64.2 Å². The summed E-state index contributed by atoms with van der Waals surface area (Å²) in [5.74, 6) is -0.0342. The Morgan fingerprint density at radius 1 is 0.967 bits per heavy atom. The predicted octanol–water partition coefficient (Wildman–Crippen LogP) is 2.24. The third-order valence-electron chi connectivity index (χ3n) is 6.78. The van der Waals surface area contributed by atoms with E-state index >= 15 is 0 Å². The smallest absolute Gasteiger partial charge is 0.256 e. The SMILES string of the molecule is CN(C)S(=O)(=O)c1ccc(N2CCCCC2)c(C(=O)N2CCC(N3CCCC3)C2)c1. The molecule has 7 nitrogen and oxygen atoms in total. The molecule has 4 rings (SSSR count). The number of anilines is 1. The molecule has 3 aliphatic heterocycles. The van der Waals surface area contributed by atoms with Gasteiger partial charge in [-0.25, -0.2) is 12.7 Å². The van der Waals surface area contributed by atoms with Crippen molar-refractivity contribution >= 4 is 21.6 Å². The summed E-state index contributed by atoms with van der Waals surface area (Å²) in [6.07, 6.45) is 6.90. The Labute approximate surface area is 180 Å². The van der Waals surface area contributed by atoms with Gasteiger partial charge in [0.15, 0.2) is 0 Å². The number of amides is 1. The van der Waals surface area contributed by atoms with Crippen LogP contribution in [0, 0.1) is 0 Å². The molecule has 0 saturated carbocycles. The first-order valence-electron chi connectivity index (χ1n) is 11.2. The fraction of sp³-hybridized carbons (Fsp3) is 0.682. The Kier molecular flexibility index (Phi) is 6.36. The van der Waals surface area contributed by atoms with Crippen molar-refractivity contribution < 1.29 is 13.2 Å². The number of benzene rings is 1. The summed E-state index contributed by atoms with van der Waals surface area (Å²) < 4.78 is 26.6. The van der Waals surface area contributed by atoms with E-state index in [9.17, 15) is 13.2 Å². The molecule has 1 amide bonds. The molecule has 0 N–H and O–H groups in total. The molecule has 0 aromatic heterocycles. The predicted molar refractivity (Wildman–Crippen MR) is 118 cm³/mol. The number of piperidine rings is 1. The van der Waals surface area contributed by atoms with Gasteiger partial charge in [0.1, 0.15) is 0 Å². The van der Waals surface area contributed by atoms with Crippen molar-refractivity contribution in [3.63, 3.8) is 0 Å². The number of rotatable bonds is 5. The Balaban J connectivity index is 1.64. The minimum atomic E-state index is -3.59. The largest absolute Gasteiger partial charge is 0.371 e. The van der Waals surface area contributed by atoms with Crippen molar-refractivity contribution in [1.82, 2.24) is 14.1 Å². The molecule has 0 aliphatic carbocycles. The highest BCUT2D eigenvalue weighted by molar-refractivity contribution is 7.89. The standard InChI is InChI=1S/C22H34N4O3S/c1-23(2)30(28,29)19-8-9-21(25-13-4-3-5-14-25)20(16-19)22(27)26-15-10-18(17-26)24-11-6-7-12-24/h8-9,16,18H,3-7,10-15,17H2,1-2H3. The maximum absolute atomic E-state index is 13.6. The molecule has 1 atom stereocenters. The fourth-order valence-corrected chi connectivity index (χ4v) is 5.90. The van der Waals surface area contributed by atoms with Crippen LogP contribution in [0.2, 0.25) is 0 Å². The van der Waals surface area contributed by atoms with Crippen molar-refractivity contribution in [1.29, 1.82) is 0 Å². The van der Waals surface area contributed by atoms with E-state index in [0.29, 0.717) is 11.6 Å². The van der Waals surface area contributed by atoms with Crippen LogP contribution in [0.4, 0.5) is 5.69 Å². The number of likely N-dealkylation sites (tertiary alicyclic amines) is 2. The molecular formula is C22H34N4O3S. The molecule has 3 fully saturated rings. The lowest BCUT2D eigenvalue weighted by atomic mass is 10.1. The molecule has 30 heavy (non-hydrogen) atoms. The number of carbonyl (C=O) groups excluding carboxylic acids is 1. The molecular weight excluding hydrogens is 400 g/mol. The summed E-state index contributed by atoms with van der Waals surface area (Å²) in [4.78, 5) is 20.5. The van der Waals surface area contributed by atoms with Crippen LogP contribution in [-0.2, 0) is 10.0 Å². The van der Waals surface area contributed by atoms with Gasteiger partial charge < -0.3 is 9.80 Å².